The van der Waals surface area contributed by atoms with Crippen LogP contribution in [0.15, 0.2) is 66.7 Å². The molecule has 0 radical (unpaired) electrons. The number of aromatic hydroxyl groups is 1. The lowest BCUT2D eigenvalue weighted by Gasteiger charge is -2.35. The number of hydrogen-bond acceptors (Lipinski definition) is 5. The Balaban J connectivity index is 1.17. The van der Waals surface area contributed by atoms with E-state index in [0.29, 0.717) is 45.0 Å². The summed E-state index contributed by atoms with van der Waals surface area (Å²) in [5, 5.41) is 11.9. The first kappa shape index (κ1) is 22.5. The van der Waals surface area contributed by atoms with E-state index in [-0.39, 0.29) is 30.6 Å². The Bertz CT molecular complexity index is 1100. The van der Waals surface area contributed by atoms with Crippen LogP contribution in [-0.2, 0) is 9.59 Å². The van der Waals surface area contributed by atoms with E-state index in [9.17, 15) is 14.7 Å². The maximum Gasteiger partial charge on any atom is 0.226 e. The van der Waals surface area contributed by atoms with Crippen LogP contribution in [0, 0.1) is 0 Å². The fourth-order valence-corrected chi connectivity index (χ4v) is 3.92. The molecular weight excluding hydrogens is 420 g/mol. The molecule has 0 aliphatic carbocycles. The van der Waals surface area contributed by atoms with Crippen molar-refractivity contribution in [1.82, 2.24) is 9.80 Å². The van der Waals surface area contributed by atoms with Crippen molar-refractivity contribution in [3.63, 3.8) is 0 Å². The van der Waals surface area contributed by atoms with Crippen LogP contribution in [0.1, 0.15) is 12.8 Å². The fraction of sp³-hybridized carbons (Fsp3) is 0.308. The third-order valence-corrected chi connectivity index (χ3v) is 5.75. The number of benzene rings is 3. The van der Waals surface area contributed by atoms with Gasteiger partial charge in [0.15, 0.2) is 11.5 Å². The Morgan fingerprint density at radius 1 is 0.697 bits per heavy atom. The molecule has 1 aliphatic heterocycles. The lowest BCUT2D eigenvalue weighted by atomic mass is 10.1. The maximum absolute atomic E-state index is 12.6. The van der Waals surface area contributed by atoms with E-state index >= 15 is 0 Å². The molecule has 1 saturated heterocycles. The molecule has 1 aliphatic rings. The average molecular weight is 449 g/mol. The van der Waals surface area contributed by atoms with Gasteiger partial charge < -0.3 is 24.4 Å². The van der Waals surface area contributed by atoms with E-state index in [1.54, 1.807) is 34.1 Å². The molecular formula is C26H28N2O5. The van der Waals surface area contributed by atoms with Crippen molar-refractivity contribution in [2.24, 2.45) is 0 Å². The third kappa shape index (κ3) is 5.74. The summed E-state index contributed by atoms with van der Waals surface area (Å²) in [6.45, 7) is 2.55. The number of fused-ring (bicyclic) bond motifs is 1. The first-order chi connectivity index (χ1) is 16.1. The molecule has 0 aromatic heterocycles. The summed E-state index contributed by atoms with van der Waals surface area (Å²) in [6, 6.07) is 20.6. The molecule has 4 rings (SSSR count). The molecule has 2 amide bonds. The molecule has 7 heteroatoms. The molecule has 172 valence electrons. The highest BCUT2D eigenvalue weighted by Crippen LogP contribution is 2.26. The lowest BCUT2D eigenvalue weighted by molar-refractivity contribution is -0.140. The number of carbonyl (C=O) groups excluding carboxylic acids is 2. The van der Waals surface area contributed by atoms with Gasteiger partial charge in [0, 0.05) is 31.6 Å². The van der Waals surface area contributed by atoms with Crippen molar-refractivity contribution in [3.05, 3.63) is 66.7 Å². The summed E-state index contributed by atoms with van der Waals surface area (Å²) in [5.41, 5.74) is 0. The van der Waals surface area contributed by atoms with Gasteiger partial charge in [-0.15, -0.1) is 0 Å². The van der Waals surface area contributed by atoms with Gasteiger partial charge >= 0.3 is 0 Å². The zero-order valence-electron chi connectivity index (χ0n) is 18.5. The summed E-state index contributed by atoms with van der Waals surface area (Å²) in [7, 11) is 0. The Morgan fingerprint density at radius 3 is 1.88 bits per heavy atom. The second kappa shape index (κ2) is 10.7. The summed E-state index contributed by atoms with van der Waals surface area (Å²) >= 11 is 0. The van der Waals surface area contributed by atoms with Crippen LogP contribution < -0.4 is 9.47 Å². The van der Waals surface area contributed by atoms with E-state index < -0.39 is 0 Å². The number of hydrogen-bond donors (Lipinski definition) is 1. The summed E-state index contributed by atoms with van der Waals surface area (Å²) < 4.78 is 11.4. The van der Waals surface area contributed by atoms with Gasteiger partial charge in [-0.3, -0.25) is 9.59 Å². The van der Waals surface area contributed by atoms with Gasteiger partial charge in [-0.2, -0.15) is 0 Å². The molecule has 7 nitrogen and oxygen atoms in total. The fourth-order valence-electron chi connectivity index (χ4n) is 3.92. The molecule has 1 heterocycles. The molecule has 3 aromatic rings. The van der Waals surface area contributed by atoms with Crippen LogP contribution in [-0.4, -0.2) is 66.1 Å². The number of para-hydroxylation sites is 2. The molecule has 1 N–H and O–H groups in total. The summed E-state index contributed by atoms with van der Waals surface area (Å²) in [4.78, 5) is 28.6. The molecule has 0 spiro atoms. The quantitative estimate of drug-likeness (QED) is 0.571. The number of ether oxygens (including phenoxy) is 2. The Labute approximate surface area is 193 Å². The van der Waals surface area contributed by atoms with Crippen molar-refractivity contribution in [3.8, 4) is 17.2 Å². The standard InChI is InChI=1S/C26H28N2O5/c29-22-9-3-4-10-24(22)33-19-13-26(31)28-16-14-27(15-17-28)25(30)12-18-32-23-11-5-7-20-6-1-2-8-21(20)23/h1-11,29H,12-19H2. The average Bonchev–Trinajstić information content (AvgIpc) is 2.85. The number of carbonyl (C=O) groups is 2. The molecule has 1 fully saturated rings. The highest BCUT2D eigenvalue weighted by Gasteiger charge is 2.24. The minimum Gasteiger partial charge on any atom is -0.504 e. The van der Waals surface area contributed by atoms with Gasteiger partial charge in [-0.25, -0.2) is 0 Å². The number of phenols is 1. The SMILES string of the molecule is O=C(CCOc1ccccc1O)N1CCN(C(=O)CCOc2cccc3ccccc23)CC1. The predicted octanol–water partition coefficient (Wildman–Crippen LogP) is 3.45. The van der Waals surface area contributed by atoms with Crippen molar-refractivity contribution < 1.29 is 24.2 Å². The van der Waals surface area contributed by atoms with E-state index in [4.69, 9.17) is 9.47 Å². The molecule has 0 bridgehead atoms. The van der Waals surface area contributed by atoms with Crippen LogP contribution >= 0.6 is 0 Å². The van der Waals surface area contributed by atoms with Gasteiger partial charge in [0.05, 0.1) is 26.1 Å². The number of amides is 2. The second-order valence-corrected chi connectivity index (χ2v) is 7.90. The molecule has 33 heavy (non-hydrogen) atoms. The predicted molar refractivity (Wildman–Crippen MR) is 125 cm³/mol. The van der Waals surface area contributed by atoms with E-state index in [1.807, 2.05) is 42.5 Å². The van der Waals surface area contributed by atoms with Crippen LogP contribution in [0.4, 0.5) is 0 Å². The Morgan fingerprint density at radius 2 is 1.21 bits per heavy atom. The molecule has 3 aromatic carbocycles. The van der Waals surface area contributed by atoms with Gasteiger partial charge in [-0.05, 0) is 23.6 Å². The first-order valence-electron chi connectivity index (χ1n) is 11.2. The van der Waals surface area contributed by atoms with Crippen LogP contribution in [0.25, 0.3) is 10.8 Å². The maximum atomic E-state index is 12.6. The normalized spacial score (nSPS) is 13.7. The molecule has 0 unspecified atom stereocenters. The van der Waals surface area contributed by atoms with Crippen molar-refractivity contribution in [2.75, 3.05) is 39.4 Å². The summed E-state index contributed by atoms with van der Waals surface area (Å²) in [5.74, 6) is 1.22. The van der Waals surface area contributed by atoms with E-state index in [2.05, 4.69) is 0 Å². The topological polar surface area (TPSA) is 79.3 Å². The molecule has 0 atom stereocenters. The zero-order valence-corrected chi connectivity index (χ0v) is 18.5. The minimum atomic E-state index is -0.0168. The minimum absolute atomic E-state index is 0.0168. The van der Waals surface area contributed by atoms with Gasteiger partial charge in [-0.1, -0.05) is 48.5 Å². The number of nitrogens with zero attached hydrogens (tertiary/aromatic N) is 2. The Kier molecular flexibility index (Phi) is 7.29. The molecule has 0 saturated carbocycles. The zero-order chi connectivity index (χ0) is 23.0. The lowest BCUT2D eigenvalue weighted by Crippen LogP contribution is -2.51. The highest BCUT2D eigenvalue weighted by molar-refractivity contribution is 5.88. The van der Waals surface area contributed by atoms with Gasteiger partial charge in [0.25, 0.3) is 0 Å². The number of phenolic OH excluding ortho intramolecular Hbond substituents is 1. The van der Waals surface area contributed by atoms with Gasteiger partial charge in [0.2, 0.25) is 11.8 Å². The smallest absolute Gasteiger partial charge is 0.226 e. The van der Waals surface area contributed by atoms with Crippen molar-refractivity contribution in [2.45, 2.75) is 12.8 Å². The largest absolute Gasteiger partial charge is 0.504 e. The number of rotatable bonds is 8. The van der Waals surface area contributed by atoms with Crippen molar-refractivity contribution in [1.29, 1.82) is 0 Å². The highest BCUT2D eigenvalue weighted by atomic mass is 16.5. The van der Waals surface area contributed by atoms with Crippen molar-refractivity contribution >= 4 is 22.6 Å². The van der Waals surface area contributed by atoms with Crippen LogP contribution in [0.3, 0.4) is 0 Å². The third-order valence-electron chi connectivity index (χ3n) is 5.75. The van der Waals surface area contributed by atoms with Gasteiger partial charge in [0.1, 0.15) is 5.75 Å². The van der Waals surface area contributed by atoms with Crippen LogP contribution in [0.2, 0.25) is 0 Å². The second-order valence-electron chi connectivity index (χ2n) is 7.90. The Hall–Kier alpha value is -3.74. The first-order valence-corrected chi connectivity index (χ1v) is 11.2. The summed E-state index contributed by atoms with van der Waals surface area (Å²) in [6.07, 6.45) is 0.521. The van der Waals surface area contributed by atoms with E-state index in [0.717, 1.165) is 16.5 Å². The van der Waals surface area contributed by atoms with E-state index in [1.165, 1.54) is 0 Å². The van der Waals surface area contributed by atoms with Crippen LogP contribution in [0.5, 0.6) is 17.2 Å². The number of piperazine rings is 1. The monoisotopic (exact) mass is 448 g/mol.